The Morgan fingerprint density at radius 3 is 1.37 bits per heavy atom. The Morgan fingerprint density at radius 2 is 0.938 bits per heavy atom. The van der Waals surface area contributed by atoms with Crippen LogP contribution in [0.4, 0.5) is 0 Å². The van der Waals surface area contributed by atoms with Crippen LogP contribution in [-0.4, -0.2) is 68.5 Å². The highest BCUT2D eigenvalue weighted by molar-refractivity contribution is 7.45. The number of allylic oxidation sites excluding steroid dienone is 9. The summed E-state index contributed by atoms with van der Waals surface area (Å²) in [6.45, 7) is 4.52. The first kappa shape index (κ1) is 63.2. The van der Waals surface area contributed by atoms with E-state index >= 15 is 0 Å². The van der Waals surface area contributed by atoms with Gasteiger partial charge in [0.15, 0.2) is 0 Å². The number of nitrogens with one attached hydrogen (secondary N) is 1. The van der Waals surface area contributed by atoms with Gasteiger partial charge in [0.05, 0.1) is 39.9 Å². The second kappa shape index (κ2) is 47.3. The van der Waals surface area contributed by atoms with Crippen LogP contribution in [0.1, 0.15) is 239 Å². The summed E-state index contributed by atoms with van der Waals surface area (Å²) >= 11 is 0. The average Bonchev–Trinajstić information content (AvgIpc) is 3.26. The Bertz CT molecular complexity index is 1240. The van der Waals surface area contributed by atoms with Gasteiger partial charge >= 0.3 is 0 Å². The molecule has 3 unspecified atom stereocenters. The van der Waals surface area contributed by atoms with Crippen LogP contribution in [-0.2, 0) is 18.4 Å². The zero-order chi connectivity index (χ0) is 47.8. The maximum Gasteiger partial charge on any atom is 0.268 e. The van der Waals surface area contributed by atoms with Crippen molar-refractivity contribution in [1.82, 2.24) is 5.32 Å². The fourth-order valence-electron chi connectivity index (χ4n) is 7.73. The Kier molecular flexibility index (Phi) is 46.0. The van der Waals surface area contributed by atoms with Crippen molar-refractivity contribution in [3.8, 4) is 0 Å². The van der Waals surface area contributed by atoms with Crippen molar-refractivity contribution >= 4 is 13.7 Å². The van der Waals surface area contributed by atoms with E-state index in [1.807, 2.05) is 27.2 Å². The molecule has 0 radical (unpaired) electrons. The summed E-state index contributed by atoms with van der Waals surface area (Å²) < 4.78 is 23.2. The summed E-state index contributed by atoms with van der Waals surface area (Å²) in [4.78, 5) is 25.3. The standard InChI is InChI=1S/C56H105N2O6P/c1-6-8-10-12-14-16-18-19-20-21-22-23-24-25-26-27-28-29-30-31-32-33-34-35-36-37-38-39-40-42-44-46-48-50-56(60)57-54(53-64-65(61,62)63-52-51-58(3,4)5)55(59)49-47-45-43-41-17-15-13-11-9-7-2/h8,10,14,16,19-20,22-23,47,49,54-55,59H,6-7,9,11-13,15,17-18,21,24-46,48,50-53H2,1-5H3,(H-,57,60,61,62)/b10-8-,16-14-,20-19-,23-22-,49-47+. The normalized spacial score (nSPS) is 14.5. The first-order valence-electron chi connectivity index (χ1n) is 27.2. The number of aliphatic hydroxyl groups excluding tert-OH is 1. The van der Waals surface area contributed by atoms with Gasteiger partial charge in [0, 0.05) is 6.42 Å². The summed E-state index contributed by atoms with van der Waals surface area (Å²) in [5, 5.41) is 13.8. The van der Waals surface area contributed by atoms with Crippen LogP contribution in [0.2, 0.25) is 0 Å². The molecule has 0 bridgehead atoms. The van der Waals surface area contributed by atoms with Crippen LogP contribution < -0.4 is 10.2 Å². The molecule has 65 heavy (non-hydrogen) atoms. The summed E-state index contributed by atoms with van der Waals surface area (Å²) in [5.41, 5.74) is 0. The SMILES string of the molecule is CC/C=C\C/C=C\C/C=C\C/C=C\CCCCCCCCCCCCCCCCCCCCCCC(=O)NC(COP(=O)([O-])OCC[N+](C)(C)C)C(O)/C=C/CCCCCCCCCC. The smallest absolute Gasteiger partial charge is 0.268 e. The Morgan fingerprint density at radius 1 is 0.554 bits per heavy atom. The zero-order valence-electron chi connectivity index (χ0n) is 43.2. The second-order valence-corrected chi connectivity index (χ2v) is 21.0. The van der Waals surface area contributed by atoms with E-state index in [2.05, 4.69) is 67.8 Å². The van der Waals surface area contributed by atoms with Crippen molar-refractivity contribution in [2.24, 2.45) is 0 Å². The van der Waals surface area contributed by atoms with Gasteiger partial charge in [-0.15, -0.1) is 0 Å². The summed E-state index contributed by atoms with van der Waals surface area (Å²) in [7, 11) is 1.26. The number of phosphoric ester groups is 1. The number of quaternary nitrogens is 1. The number of unbranched alkanes of at least 4 members (excludes halogenated alkanes) is 28. The third-order valence-electron chi connectivity index (χ3n) is 12.0. The number of nitrogens with zero attached hydrogens (tertiary/aromatic N) is 1. The minimum absolute atomic E-state index is 0.00110. The maximum atomic E-state index is 12.9. The Balaban J connectivity index is 3.96. The highest BCUT2D eigenvalue weighted by Gasteiger charge is 2.23. The lowest BCUT2D eigenvalue weighted by atomic mass is 10.0. The van der Waals surface area contributed by atoms with Crippen LogP contribution in [0, 0.1) is 0 Å². The molecule has 0 spiro atoms. The third-order valence-corrected chi connectivity index (χ3v) is 12.9. The topological polar surface area (TPSA) is 108 Å². The molecule has 0 heterocycles. The highest BCUT2D eigenvalue weighted by Crippen LogP contribution is 2.38. The highest BCUT2D eigenvalue weighted by atomic mass is 31.2. The Hall–Kier alpha value is -1.80. The third kappa shape index (κ3) is 49.9. The molecule has 0 fully saturated rings. The molecular weight excluding hydrogens is 828 g/mol. The van der Waals surface area contributed by atoms with Crippen molar-refractivity contribution < 1.29 is 32.9 Å². The number of amides is 1. The van der Waals surface area contributed by atoms with Gasteiger partial charge < -0.3 is 28.8 Å². The number of carbonyl (C=O) groups excluding carboxylic acids is 1. The molecule has 1 amide bonds. The fourth-order valence-corrected chi connectivity index (χ4v) is 8.46. The van der Waals surface area contributed by atoms with E-state index in [1.165, 1.54) is 154 Å². The van der Waals surface area contributed by atoms with Crippen LogP contribution in [0.15, 0.2) is 60.8 Å². The number of aliphatic hydroxyl groups is 1. The van der Waals surface area contributed by atoms with Crippen LogP contribution >= 0.6 is 7.82 Å². The van der Waals surface area contributed by atoms with E-state index in [4.69, 9.17) is 9.05 Å². The first-order valence-corrected chi connectivity index (χ1v) is 28.6. The number of hydrogen-bond acceptors (Lipinski definition) is 6. The maximum absolute atomic E-state index is 12.9. The Labute approximate surface area is 402 Å². The van der Waals surface area contributed by atoms with E-state index in [0.717, 1.165) is 64.2 Å². The number of likely N-dealkylation sites (N-methyl/N-ethyl adjacent to an activating group) is 1. The summed E-state index contributed by atoms with van der Waals surface area (Å²) in [5.74, 6) is -0.198. The largest absolute Gasteiger partial charge is 0.756 e. The molecule has 0 aliphatic rings. The molecule has 8 nitrogen and oxygen atoms in total. The molecule has 2 N–H and O–H groups in total. The predicted molar refractivity (Wildman–Crippen MR) is 279 cm³/mol. The van der Waals surface area contributed by atoms with Gasteiger partial charge in [0.1, 0.15) is 13.2 Å². The monoisotopic (exact) mass is 933 g/mol. The molecule has 0 aromatic heterocycles. The molecule has 0 aromatic rings. The van der Waals surface area contributed by atoms with E-state index < -0.39 is 20.0 Å². The van der Waals surface area contributed by atoms with Crippen molar-refractivity contribution in [2.75, 3.05) is 40.9 Å². The van der Waals surface area contributed by atoms with Gasteiger partial charge in [-0.1, -0.05) is 235 Å². The van der Waals surface area contributed by atoms with Crippen molar-refractivity contribution in [2.45, 2.75) is 251 Å². The summed E-state index contributed by atoms with van der Waals surface area (Å²) in [6, 6.07) is -0.884. The van der Waals surface area contributed by atoms with Gasteiger partial charge in [-0.25, -0.2) is 0 Å². The zero-order valence-corrected chi connectivity index (χ0v) is 44.1. The molecule has 0 rings (SSSR count). The lowest BCUT2D eigenvalue weighted by Crippen LogP contribution is -2.45. The van der Waals surface area contributed by atoms with Crippen molar-refractivity contribution in [1.29, 1.82) is 0 Å². The lowest BCUT2D eigenvalue weighted by Gasteiger charge is -2.29. The van der Waals surface area contributed by atoms with Gasteiger partial charge in [0.2, 0.25) is 5.91 Å². The van der Waals surface area contributed by atoms with Crippen LogP contribution in [0.5, 0.6) is 0 Å². The molecule has 0 saturated heterocycles. The molecule has 0 aliphatic carbocycles. The lowest BCUT2D eigenvalue weighted by molar-refractivity contribution is -0.870. The van der Waals surface area contributed by atoms with Crippen molar-refractivity contribution in [3.05, 3.63) is 60.8 Å². The van der Waals surface area contributed by atoms with E-state index in [9.17, 15) is 19.4 Å². The molecular formula is C56H105N2O6P. The predicted octanol–water partition coefficient (Wildman–Crippen LogP) is 15.5. The first-order chi connectivity index (χ1) is 31.5. The van der Waals surface area contributed by atoms with Crippen LogP contribution in [0.25, 0.3) is 0 Å². The van der Waals surface area contributed by atoms with Gasteiger partial charge in [-0.3, -0.25) is 9.36 Å². The van der Waals surface area contributed by atoms with Gasteiger partial charge in [0.25, 0.3) is 7.82 Å². The van der Waals surface area contributed by atoms with E-state index in [-0.39, 0.29) is 19.1 Å². The van der Waals surface area contributed by atoms with E-state index in [0.29, 0.717) is 17.4 Å². The number of rotatable bonds is 49. The van der Waals surface area contributed by atoms with E-state index in [1.54, 1.807) is 6.08 Å². The summed E-state index contributed by atoms with van der Waals surface area (Å²) in [6.07, 6.45) is 63.1. The number of hydrogen-bond donors (Lipinski definition) is 2. The molecule has 380 valence electrons. The quantitative estimate of drug-likeness (QED) is 0.0272. The molecule has 3 atom stereocenters. The second-order valence-electron chi connectivity index (χ2n) is 19.6. The average molecular weight is 933 g/mol. The van der Waals surface area contributed by atoms with Crippen LogP contribution in [0.3, 0.4) is 0 Å². The minimum Gasteiger partial charge on any atom is -0.756 e. The number of carbonyl (C=O) groups is 1. The van der Waals surface area contributed by atoms with Gasteiger partial charge in [-0.2, -0.15) is 0 Å². The molecule has 0 aliphatic heterocycles. The molecule has 0 saturated carbocycles. The minimum atomic E-state index is -4.59. The molecule has 9 heteroatoms. The molecule has 0 aromatic carbocycles. The van der Waals surface area contributed by atoms with Gasteiger partial charge in [-0.05, 0) is 57.8 Å². The van der Waals surface area contributed by atoms with Crippen molar-refractivity contribution in [3.63, 3.8) is 0 Å². The number of phosphoric acid groups is 1. The fraction of sp³-hybridized carbons (Fsp3) is 0.804.